The van der Waals surface area contributed by atoms with Crippen molar-refractivity contribution in [2.45, 2.75) is 0 Å². The van der Waals surface area contributed by atoms with Gasteiger partial charge in [0.05, 0.1) is 32.1 Å². The van der Waals surface area contributed by atoms with Crippen molar-refractivity contribution in [2.75, 3.05) is 62.6 Å². The molecule has 0 unspecified atom stereocenters. The number of amides is 1. The van der Waals surface area contributed by atoms with Crippen LogP contribution in [0.4, 0.5) is 17.5 Å². The van der Waals surface area contributed by atoms with E-state index in [1.807, 2.05) is 19.0 Å². The lowest BCUT2D eigenvalue weighted by Gasteiger charge is -2.28. The van der Waals surface area contributed by atoms with E-state index in [0.29, 0.717) is 46.5 Å². The van der Waals surface area contributed by atoms with Gasteiger partial charge in [-0.1, -0.05) is 0 Å². The number of nitrogens with zero attached hydrogens (tertiary/aromatic N) is 4. The molecule has 0 bridgehead atoms. The fraction of sp³-hybridized carbons (Fsp3) is 0.389. The first kappa shape index (κ1) is 19.4. The van der Waals surface area contributed by atoms with Crippen LogP contribution in [0.2, 0.25) is 0 Å². The molecule has 144 valence electrons. The summed E-state index contributed by atoms with van der Waals surface area (Å²) >= 11 is 3.41. The Labute approximate surface area is 166 Å². The minimum Gasteiger partial charge on any atom is -0.497 e. The Balaban J connectivity index is 1.86. The zero-order valence-electron chi connectivity index (χ0n) is 15.5. The number of ether oxygens (including phenoxy) is 2. The Morgan fingerprint density at radius 3 is 2.74 bits per heavy atom. The van der Waals surface area contributed by atoms with Gasteiger partial charge in [0.15, 0.2) is 5.82 Å². The van der Waals surface area contributed by atoms with Crippen molar-refractivity contribution in [1.82, 2.24) is 9.97 Å². The quantitative estimate of drug-likeness (QED) is 0.771. The van der Waals surface area contributed by atoms with Crippen LogP contribution in [-0.4, -0.2) is 63.4 Å². The Morgan fingerprint density at radius 2 is 2.07 bits per heavy atom. The molecule has 0 radical (unpaired) electrons. The zero-order chi connectivity index (χ0) is 19.4. The third kappa shape index (κ3) is 4.48. The molecule has 0 aliphatic carbocycles. The van der Waals surface area contributed by atoms with Gasteiger partial charge in [-0.25, -0.2) is 4.98 Å². The lowest BCUT2D eigenvalue weighted by atomic mass is 10.2. The molecule has 1 aliphatic rings. The number of hydrogen-bond acceptors (Lipinski definition) is 7. The first-order valence-corrected chi connectivity index (χ1v) is 9.31. The lowest BCUT2D eigenvalue weighted by molar-refractivity contribution is 0.102. The summed E-state index contributed by atoms with van der Waals surface area (Å²) in [5.74, 6) is 1.60. The molecular formula is C18H22BrN5O3. The molecule has 1 aromatic heterocycles. The van der Waals surface area contributed by atoms with E-state index in [2.05, 4.69) is 36.1 Å². The van der Waals surface area contributed by atoms with Gasteiger partial charge in [0, 0.05) is 31.7 Å². The van der Waals surface area contributed by atoms with Gasteiger partial charge in [0.2, 0.25) is 5.95 Å². The minimum absolute atomic E-state index is 0.272. The highest BCUT2D eigenvalue weighted by molar-refractivity contribution is 9.10. The topological polar surface area (TPSA) is 79.8 Å². The summed E-state index contributed by atoms with van der Waals surface area (Å²) in [4.78, 5) is 25.7. The molecule has 1 amide bonds. The Bertz CT molecular complexity index is 825. The van der Waals surface area contributed by atoms with Crippen molar-refractivity contribution in [3.63, 3.8) is 0 Å². The van der Waals surface area contributed by atoms with E-state index in [9.17, 15) is 4.79 Å². The molecule has 1 aliphatic heterocycles. The molecular weight excluding hydrogens is 414 g/mol. The maximum absolute atomic E-state index is 12.8. The van der Waals surface area contributed by atoms with E-state index in [1.54, 1.807) is 31.5 Å². The van der Waals surface area contributed by atoms with Crippen molar-refractivity contribution in [3.05, 3.63) is 34.4 Å². The number of morpholine rings is 1. The number of carbonyl (C=O) groups excluding carboxylic acids is 1. The second kappa shape index (κ2) is 8.53. The van der Waals surface area contributed by atoms with Crippen LogP contribution >= 0.6 is 15.9 Å². The molecule has 1 aromatic carbocycles. The van der Waals surface area contributed by atoms with Crippen LogP contribution in [0.25, 0.3) is 0 Å². The molecule has 1 fully saturated rings. The third-order valence-electron chi connectivity index (χ3n) is 4.14. The van der Waals surface area contributed by atoms with Crippen LogP contribution in [0.15, 0.2) is 28.9 Å². The first-order chi connectivity index (χ1) is 13.0. The number of halogens is 1. The number of aromatic nitrogens is 2. The number of benzene rings is 1. The molecule has 8 nitrogen and oxygen atoms in total. The predicted molar refractivity (Wildman–Crippen MR) is 108 cm³/mol. The van der Waals surface area contributed by atoms with Gasteiger partial charge in [-0.15, -0.1) is 0 Å². The molecule has 0 saturated carbocycles. The molecule has 0 spiro atoms. The number of nitrogens with one attached hydrogen (secondary N) is 1. The van der Waals surface area contributed by atoms with Crippen LogP contribution in [0.3, 0.4) is 0 Å². The fourth-order valence-electron chi connectivity index (χ4n) is 2.70. The van der Waals surface area contributed by atoms with E-state index in [0.717, 1.165) is 13.1 Å². The number of hydrogen-bond donors (Lipinski definition) is 1. The lowest BCUT2D eigenvalue weighted by Crippen LogP contribution is -2.37. The van der Waals surface area contributed by atoms with Crippen molar-refractivity contribution < 1.29 is 14.3 Å². The van der Waals surface area contributed by atoms with E-state index >= 15 is 0 Å². The second-order valence-corrected chi connectivity index (χ2v) is 7.06. The average Bonchev–Trinajstić information content (AvgIpc) is 2.69. The van der Waals surface area contributed by atoms with E-state index < -0.39 is 0 Å². The van der Waals surface area contributed by atoms with Crippen LogP contribution < -0.4 is 19.9 Å². The average molecular weight is 436 g/mol. The smallest absolute Gasteiger partial charge is 0.257 e. The minimum atomic E-state index is -0.272. The Kier molecular flexibility index (Phi) is 6.12. The van der Waals surface area contributed by atoms with Gasteiger partial charge >= 0.3 is 0 Å². The highest BCUT2D eigenvalue weighted by Crippen LogP contribution is 2.27. The van der Waals surface area contributed by atoms with Gasteiger partial charge in [-0.05, 0) is 34.1 Å². The maximum Gasteiger partial charge on any atom is 0.257 e. The molecule has 0 atom stereocenters. The first-order valence-electron chi connectivity index (χ1n) is 8.51. The van der Waals surface area contributed by atoms with E-state index in [4.69, 9.17) is 9.47 Å². The van der Waals surface area contributed by atoms with Gasteiger partial charge in [0.1, 0.15) is 11.4 Å². The predicted octanol–water partition coefficient (Wildman–Crippen LogP) is 2.40. The van der Waals surface area contributed by atoms with Gasteiger partial charge < -0.3 is 24.6 Å². The molecule has 27 heavy (non-hydrogen) atoms. The Hall–Kier alpha value is -2.39. The summed E-state index contributed by atoms with van der Waals surface area (Å²) in [6.45, 7) is 2.80. The number of methoxy groups -OCH3 is 1. The zero-order valence-corrected chi connectivity index (χ0v) is 17.1. The summed E-state index contributed by atoms with van der Waals surface area (Å²) < 4.78 is 11.3. The second-order valence-electron chi connectivity index (χ2n) is 6.20. The van der Waals surface area contributed by atoms with Gasteiger partial charge in [-0.3, -0.25) is 4.79 Å². The monoisotopic (exact) mass is 435 g/mol. The molecule has 2 aromatic rings. The molecule has 1 saturated heterocycles. The summed E-state index contributed by atoms with van der Waals surface area (Å²) in [7, 11) is 5.32. The summed E-state index contributed by atoms with van der Waals surface area (Å²) in [6.07, 6.45) is 1.64. The van der Waals surface area contributed by atoms with Crippen LogP contribution in [0.5, 0.6) is 5.75 Å². The van der Waals surface area contributed by atoms with Gasteiger partial charge in [0.25, 0.3) is 5.91 Å². The number of carbonyl (C=O) groups is 1. The van der Waals surface area contributed by atoms with Crippen LogP contribution in [-0.2, 0) is 4.74 Å². The van der Waals surface area contributed by atoms with Crippen LogP contribution in [0.1, 0.15) is 10.4 Å². The van der Waals surface area contributed by atoms with Crippen molar-refractivity contribution in [3.8, 4) is 5.75 Å². The molecule has 9 heteroatoms. The van der Waals surface area contributed by atoms with Crippen molar-refractivity contribution >= 4 is 39.3 Å². The highest BCUT2D eigenvalue weighted by Gasteiger charge is 2.19. The molecule has 1 N–H and O–H groups in total. The largest absolute Gasteiger partial charge is 0.497 e. The normalized spacial score (nSPS) is 14.0. The molecule has 2 heterocycles. The Morgan fingerprint density at radius 1 is 1.33 bits per heavy atom. The van der Waals surface area contributed by atoms with E-state index in [-0.39, 0.29) is 5.91 Å². The fourth-order valence-corrected chi connectivity index (χ4v) is 3.13. The van der Waals surface area contributed by atoms with E-state index in [1.165, 1.54) is 0 Å². The number of rotatable bonds is 5. The maximum atomic E-state index is 12.8. The number of anilines is 3. The summed E-state index contributed by atoms with van der Waals surface area (Å²) in [6, 6.07) is 5.24. The highest BCUT2D eigenvalue weighted by atomic mass is 79.9. The third-order valence-corrected chi connectivity index (χ3v) is 4.83. The SMILES string of the molecule is COc1ccc(Br)c(C(=O)Nc2cnc(N3CCOCC3)nc2N(C)C)c1. The van der Waals surface area contributed by atoms with Crippen molar-refractivity contribution in [1.29, 1.82) is 0 Å². The van der Waals surface area contributed by atoms with Gasteiger partial charge in [-0.2, -0.15) is 4.98 Å². The van der Waals surface area contributed by atoms with Crippen LogP contribution in [0, 0.1) is 0 Å². The molecule has 3 rings (SSSR count). The summed E-state index contributed by atoms with van der Waals surface area (Å²) in [5, 5.41) is 2.90. The van der Waals surface area contributed by atoms with Crippen molar-refractivity contribution in [2.24, 2.45) is 0 Å². The standard InChI is InChI=1S/C18H22BrN5O3/c1-23(2)16-15(11-20-18(22-16)24-6-8-27-9-7-24)21-17(25)13-10-12(26-3)4-5-14(13)19/h4-5,10-11H,6-9H2,1-3H3,(H,21,25). The summed E-state index contributed by atoms with van der Waals surface area (Å²) in [5.41, 5.74) is 1.01.